The lowest BCUT2D eigenvalue weighted by atomic mass is 9.96. The van der Waals surface area contributed by atoms with Gasteiger partial charge in [-0.1, -0.05) is 32.3 Å². The molecule has 4 rings (SSSR count). The Morgan fingerprint density at radius 2 is 1.77 bits per heavy atom. The maximum absolute atomic E-state index is 13.7. The van der Waals surface area contributed by atoms with Gasteiger partial charge in [0.2, 0.25) is 0 Å². The number of amides is 5. The van der Waals surface area contributed by atoms with E-state index in [1.165, 1.54) is 24.1 Å². The van der Waals surface area contributed by atoms with E-state index in [-0.39, 0.29) is 60.3 Å². The van der Waals surface area contributed by atoms with Crippen molar-refractivity contribution in [2.45, 2.75) is 70.3 Å². The second kappa shape index (κ2) is 14.2. The molecular weight excluding hydrogens is 579 g/mol. The molecule has 44 heavy (non-hydrogen) atoms. The van der Waals surface area contributed by atoms with E-state index < -0.39 is 35.9 Å². The van der Waals surface area contributed by atoms with Crippen LogP contribution < -0.4 is 20.7 Å². The van der Waals surface area contributed by atoms with Crippen molar-refractivity contribution in [3.05, 3.63) is 53.6 Å². The monoisotopic (exact) mass is 619 g/mol. The van der Waals surface area contributed by atoms with Crippen LogP contribution in [0.3, 0.4) is 0 Å². The van der Waals surface area contributed by atoms with Gasteiger partial charge < -0.3 is 35.6 Å². The minimum absolute atomic E-state index is 0.0468. The van der Waals surface area contributed by atoms with Gasteiger partial charge in [0.05, 0.1) is 36.0 Å². The van der Waals surface area contributed by atoms with Crippen molar-refractivity contribution in [2.24, 2.45) is 5.92 Å². The third-order valence-corrected chi connectivity index (χ3v) is 8.14. The molecule has 240 valence electrons. The molecule has 1 aliphatic carbocycles. The van der Waals surface area contributed by atoms with E-state index in [4.69, 9.17) is 4.74 Å². The van der Waals surface area contributed by atoms with E-state index in [2.05, 4.69) is 16.0 Å². The van der Waals surface area contributed by atoms with E-state index in [0.717, 1.165) is 44.2 Å². The Balaban J connectivity index is 1.56. The molecule has 2 aromatic carbocycles. The summed E-state index contributed by atoms with van der Waals surface area (Å²) in [6.45, 7) is 3.58. The molecule has 0 spiro atoms. The highest BCUT2D eigenvalue weighted by molar-refractivity contribution is 6.01. The zero-order chi connectivity index (χ0) is 32.0. The maximum atomic E-state index is 13.7. The van der Waals surface area contributed by atoms with E-state index in [9.17, 15) is 32.7 Å². The van der Waals surface area contributed by atoms with E-state index in [1.807, 2.05) is 6.92 Å². The van der Waals surface area contributed by atoms with Crippen LogP contribution in [0.2, 0.25) is 0 Å². The average molecular weight is 620 g/mol. The maximum Gasteiger partial charge on any atom is 0.416 e. The molecule has 0 unspecified atom stereocenters. The fourth-order valence-electron chi connectivity index (χ4n) is 5.46. The normalized spacial score (nSPS) is 20.0. The summed E-state index contributed by atoms with van der Waals surface area (Å²) in [6.07, 6.45) is -0.144. The number of carbonyl (C=O) groups excluding carboxylic acids is 3. The van der Waals surface area contributed by atoms with E-state index in [1.54, 1.807) is 30.0 Å². The van der Waals surface area contributed by atoms with Gasteiger partial charge in [-0.25, -0.2) is 9.59 Å². The van der Waals surface area contributed by atoms with Crippen LogP contribution in [-0.4, -0.2) is 77.8 Å². The topological polar surface area (TPSA) is 123 Å². The highest BCUT2D eigenvalue weighted by Crippen LogP contribution is 2.35. The van der Waals surface area contributed by atoms with Crippen LogP contribution in [0.5, 0.6) is 5.75 Å². The lowest BCUT2D eigenvalue weighted by Gasteiger charge is -2.38. The van der Waals surface area contributed by atoms with Crippen molar-refractivity contribution in [2.75, 3.05) is 37.4 Å². The third kappa shape index (κ3) is 8.13. The van der Waals surface area contributed by atoms with Crippen molar-refractivity contribution >= 4 is 29.3 Å². The lowest BCUT2D eigenvalue weighted by molar-refractivity contribution is -0.137. The molecular formula is C31H40F3N5O5. The number of fused-ring (bicyclic) bond motifs is 1. The number of urea groups is 2. The van der Waals surface area contributed by atoms with Crippen LogP contribution >= 0.6 is 0 Å². The van der Waals surface area contributed by atoms with Crippen LogP contribution in [0.15, 0.2) is 42.5 Å². The number of ether oxygens (including phenoxy) is 1. The number of rotatable bonds is 7. The van der Waals surface area contributed by atoms with Crippen LogP contribution in [0.25, 0.3) is 0 Å². The smallest absolute Gasteiger partial charge is 0.416 e. The molecule has 1 aliphatic heterocycles. The molecule has 0 aromatic heterocycles. The molecule has 13 heteroatoms. The van der Waals surface area contributed by atoms with Gasteiger partial charge in [-0.2, -0.15) is 13.2 Å². The Morgan fingerprint density at radius 3 is 2.41 bits per heavy atom. The van der Waals surface area contributed by atoms with Crippen LogP contribution in [-0.2, 0) is 6.18 Å². The number of carbonyl (C=O) groups is 3. The highest BCUT2D eigenvalue weighted by atomic mass is 19.4. The highest BCUT2D eigenvalue weighted by Gasteiger charge is 2.35. The minimum atomic E-state index is -4.49. The molecule has 3 atom stereocenters. The Hall–Kier alpha value is -4.00. The summed E-state index contributed by atoms with van der Waals surface area (Å²) < 4.78 is 45.2. The Bertz CT molecular complexity index is 1320. The van der Waals surface area contributed by atoms with Gasteiger partial charge in [0.25, 0.3) is 5.91 Å². The number of nitrogens with one attached hydrogen (secondary N) is 3. The van der Waals surface area contributed by atoms with E-state index in [0.29, 0.717) is 0 Å². The molecule has 1 fully saturated rings. The standard InChI is InChI=1S/C31H40F3N5O5/c1-19-16-39(20(2)18-40)28(41)24-10-7-11-25(37-29(42)35-22-8-5-4-6-9-22)27(24)44-26(19)17-38(3)30(43)36-23-14-12-21(13-15-23)31(32,33)34/h7,10-15,19-20,22,26,40H,4-6,8-9,16-18H2,1-3H3,(H,36,43)(H2,35,37,42)/t19-,20-,26+/m0/s1. The molecule has 0 bridgehead atoms. The predicted octanol–water partition coefficient (Wildman–Crippen LogP) is 5.54. The number of nitrogens with zero attached hydrogens (tertiary/aromatic N) is 2. The molecule has 2 aliphatic rings. The zero-order valence-corrected chi connectivity index (χ0v) is 25.1. The van der Waals surface area contributed by atoms with Crippen molar-refractivity contribution in [1.29, 1.82) is 0 Å². The minimum Gasteiger partial charge on any atom is -0.485 e. The number of aliphatic hydroxyl groups excluding tert-OH is 1. The molecule has 1 saturated carbocycles. The summed E-state index contributed by atoms with van der Waals surface area (Å²) >= 11 is 0. The average Bonchev–Trinajstić information content (AvgIpc) is 2.99. The first kappa shape index (κ1) is 32.9. The Kier molecular flexibility index (Phi) is 10.6. The summed E-state index contributed by atoms with van der Waals surface area (Å²) in [4.78, 5) is 42.5. The second-order valence-electron chi connectivity index (χ2n) is 11.6. The fourth-order valence-corrected chi connectivity index (χ4v) is 5.46. The number of hydrogen-bond donors (Lipinski definition) is 4. The first-order valence-electron chi connectivity index (χ1n) is 14.9. The predicted molar refractivity (Wildman–Crippen MR) is 160 cm³/mol. The van der Waals surface area contributed by atoms with E-state index >= 15 is 0 Å². The molecule has 0 saturated heterocycles. The molecule has 2 aromatic rings. The van der Waals surface area contributed by atoms with Gasteiger partial charge in [-0.3, -0.25) is 4.79 Å². The molecule has 5 amide bonds. The first-order valence-corrected chi connectivity index (χ1v) is 14.9. The summed E-state index contributed by atoms with van der Waals surface area (Å²) in [5, 5.41) is 18.3. The van der Waals surface area contributed by atoms with Gasteiger partial charge in [0, 0.05) is 31.2 Å². The number of aliphatic hydroxyl groups is 1. The third-order valence-electron chi connectivity index (χ3n) is 8.14. The molecule has 1 heterocycles. The van der Waals surface area contributed by atoms with Gasteiger partial charge in [0.15, 0.2) is 5.75 Å². The largest absolute Gasteiger partial charge is 0.485 e. The van der Waals surface area contributed by atoms with Gasteiger partial charge >= 0.3 is 18.2 Å². The number of anilines is 2. The van der Waals surface area contributed by atoms with Gasteiger partial charge in [0.1, 0.15) is 6.10 Å². The number of likely N-dealkylation sites (N-methyl/N-ethyl adjacent to an activating group) is 1. The zero-order valence-electron chi connectivity index (χ0n) is 25.1. The Labute approximate surface area is 254 Å². The summed E-state index contributed by atoms with van der Waals surface area (Å²) in [5.41, 5.74) is -0.144. The molecule has 4 N–H and O–H groups in total. The van der Waals surface area contributed by atoms with Crippen molar-refractivity contribution in [3.8, 4) is 5.75 Å². The van der Waals surface area contributed by atoms with Crippen LogP contribution in [0.1, 0.15) is 61.9 Å². The molecule has 0 radical (unpaired) electrons. The van der Waals surface area contributed by atoms with Crippen molar-refractivity contribution < 1.29 is 37.4 Å². The first-order chi connectivity index (χ1) is 20.9. The van der Waals surface area contributed by atoms with Gasteiger partial charge in [-0.05, 0) is 56.2 Å². The summed E-state index contributed by atoms with van der Waals surface area (Å²) in [6, 6.07) is 7.56. The van der Waals surface area contributed by atoms with Crippen LogP contribution in [0, 0.1) is 5.92 Å². The molecule has 10 nitrogen and oxygen atoms in total. The SMILES string of the molecule is C[C@H]1CN([C@@H](C)CO)C(=O)c2cccc(NC(=O)NC3CCCCC3)c2O[C@@H]1CN(C)C(=O)Nc1ccc(C(F)(F)F)cc1. The fraction of sp³-hybridized carbons (Fsp3) is 0.516. The Morgan fingerprint density at radius 1 is 1.09 bits per heavy atom. The lowest BCUT2D eigenvalue weighted by Crippen LogP contribution is -2.50. The summed E-state index contributed by atoms with van der Waals surface area (Å²) in [7, 11) is 1.52. The number of hydrogen-bond acceptors (Lipinski definition) is 5. The van der Waals surface area contributed by atoms with Crippen molar-refractivity contribution in [3.63, 3.8) is 0 Å². The summed E-state index contributed by atoms with van der Waals surface area (Å²) in [5.74, 6) is -0.539. The second-order valence-corrected chi connectivity index (χ2v) is 11.6. The number of alkyl halides is 3. The van der Waals surface area contributed by atoms with Crippen molar-refractivity contribution in [1.82, 2.24) is 15.1 Å². The number of para-hydroxylation sites is 1. The van der Waals surface area contributed by atoms with Crippen LogP contribution in [0.4, 0.5) is 34.1 Å². The van der Waals surface area contributed by atoms with Gasteiger partial charge in [-0.15, -0.1) is 0 Å². The number of halogens is 3. The number of benzene rings is 2. The quantitative estimate of drug-likeness (QED) is 0.324.